The van der Waals surface area contributed by atoms with Crippen molar-refractivity contribution in [3.63, 3.8) is 0 Å². The van der Waals surface area contributed by atoms with Crippen LogP contribution in [-0.2, 0) is 4.79 Å². The molecule has 10 heteroatoms. The minimum absolute atomic E-state index is 0.0981. The molecule has 3 fully saturated rings. The summed E-state index contributed by atoms with van der Waals surface area (Å²) in [7, 11) is 1.62. The lowest BCUT2D eigenvalue weighted by atomic mass is 9.91. The average Bonchev–Trinajstić information content (AvgIpc) is 3.68. The van der Waals surface area contributed by atoms with E-state index in [1.165, 1.54) is 12.8 Å². The highest BCUT2D eigenvalue weighted by molar-refractivity contribution is 5.85. The monoisotopic (exact) mass is 574 g/mol. The first kappa shape index (κ1) is 29.6. The fraction of sp³-hybridized carbons (Fsp3) is 0.500. The van der Waals surface area contributed by atoms with Crippen LogP contribution in [0.25, 0.3) is 10.9 Å². The fourth-order valence-electron chi connectivity index (χ4n) is 6.01. The van der Waals surface area contributed by atoms with Crippen LogP contribution in [0.3, 0.4) is 0 Å². The molecule has 0 bridgehead atoms. The number of ether oxygens (including phenoxy) is 2. The molecule has 4 heterocycles. The van der Waals surface area contributed by atoms with Crippen molar-refractivity contribution in [1.82, 2.24) is 30.0 Å². The lowest BCUT2D eigenvalue weighted by Crippen LogP contribution is -2.43. The molecule has 10 nitrogen and oxygen atoms in total. The predicted molar refractivity (Wildman–Crippen MR) is 163 cm³/mol. The third-order valence-corrected chi connectivity index (χ3v) is 8.32. The third-order valence-electron chi connectivity index (χ3n) is 8.32. The molecule has 0 aliphatic carbocycles. The molecule has 3 aliphatic rings. The molecule has 1 N–H and O–H groups in total. The zero-order valence-corrected chi connectivity index (χ0v) is 24.6. The number of urea groups is 1. The van der Waals surface area contributed by atoms with Gasteiger partial charge >= 0.3 is 6.03 Å². The first-order valence-electron chi connectivity index (χ1n) is 15.1. The molecule has 224 valence electrons. The van der Waals surface area contributed by atoms with Gasteiger partial charge in [0.1, 0.15) is 12.9 Å². The van der Waals surface area contributed by atoms with E-state index in [0.29, 0.717) is 44.2 Å². The molecular weight excluding hydrogens is 532 g/mol. The number of carbonyl (C=O) groups is 2. The van der Waals surface area contributed by atoms with Crippen LogP contribution in [0.5, 0.6) is 11.5 Å². The van der Waals surface area contributed by atoms with Gasteiger partial charge in [-0.3, -0.25) is 9.69 Å². The van der Waals surface area contributed by atoms with Gasteiger partial charge in [-0.2, -0.15) is 0 Å². The molecule has 0 unspecified atom stereocenters. The number of aromatic nitrogens is 2. The summed E-state index contributed by atoms with van der Waals surface area (Å²) in [6.07, 6.45) is 14.8. The maximum atomic E-state index is 13.1. The van der Waals surface area contributed by atoms with Gasteiger partial charge in [0.15, 0.2) is 11.5 Å². The number of nitrogens with one attached hydrogen (secondary N) is 1. The molecule has 5 rings (SSSR count). The number of piperidine rings is 1. The summed E-state index contributed by atoms with van der Waals surface area (Å²) in [5.41, 5.74) is 2.49. The second-order valence-electron chi connectivity index (χ2n) is 11.1. The molecule has 0 spiro atoms. The SMILES string of the molecule is C=C/C=C(\C=C/CN1CCCC1)NC(=O)N1CCC(c2ncnc3cc(OCCN4CCCC4=O)c(OC)cc23)CC1. The zero-order chi connectivity index (χ0) is 29.3. The lowest BCUT2D eigenvalue weighted by molar-refractivity contribution is -0.128. The van der Waals surface area contributed by atoms with Gasteiger partial charge in [0, 0.05) is 55.7 Å². The van der Waals surface area contributed by atoms with Crippen LogP contribution < -0.4 is 14.8 Å². The maximum absolute atomic E-state index is 13.1. The summed E-state index contributed by atoms with van der Waals surface area (Å²) in [4.78, 5) is 40.3. The number of methoxy groups -OCH3 is 1. The van der Waals surface area contributed by atoms with E-state index >= 15 is 0 Å². The van der Waals surface area contributed by atoms with Crippen LogP contribution in [0, 0.1) is 0 Å². The van der Waals surface area contributed by atoms with Crippen molar-refractivity contribution in [3.05, 3.63) is 60.7 Å². The quantitative estimate of drug-likeness (QED) is 0.401. The standard InChI is InChI=1S/C32H42N6O4/c1-3-8-25(9-6-15-36-13-4-5-14-36)35-32(40)38-17-11-24(12-18-38)31-26-21-28(41-2)29(22-27(26)33-23-34-31)42-20-19-37-16-7-10-30(37)39/h3,6,8-9,21-24H,1,4-5,7,10-20H2,2H3,(H,35,40)/b9-6-,25-8+. The van der Waals surface area contributed by atoms with Crippen LogP contribution in [0.2, 0.25) is 0 Å². The highest BCUT2D eigenvalue weighted by Gasteiger charge is 2.27. The Bertz CT molecular complexity index is 1330. The summed E-state index contributed by atoms with van der Waals surface area (Å²) in [6, 6.07) is 3.73. The van der Waals surface area contributed by atoms with E-state index in [-0.39, 0.29) is 17.9 Å². The topological polar surface area (TPSA) is 100 Å². The molecule has 3 amide bonds. The molecule has 0 atom stereocenters. The highest BCUT2D eigenvalue weighted by atomic mass is 16.5. The van der Waals surface area contributed by atoms with E-state index in [2.05, 4.69) is 32.8 Å². The molecule has 2 aromatic rings. The molecule has 3 saturated heterocycles. The Morgan fingerprint density at radius 3 is 2.62 bits per heavy atom. The normalized spacial score (nSPS) is 18.8. The molecule has 1 aromatic heterocycles. The van der Waals surface area contributed by atoms with Crippen molar-refractivity contribution in [1.29, 1.82) is 0 Å². The second kappa shape index (κ2) is 14.3. The lowest BCUT2D eigenvalue weighted by Gasteiger charge is -2.32. The third kappa shape index (κ3) is 7.28. The van der Waals surface area contributed by atoms with E-state index in [0.717, 1.165) is 67.7 Å². The number of rotatable bonds is 11. The van der Waals surface area contributed by atoms with Crippen molar-refractivity contribution in [2.45, 2.75) is 44.4 Å². The van der Waals surface area contributed by atoms with Crippen molar-refractivity contribution in [2.75, 3.05) is 59.5 Å². The van der Waals surface area contributed by atoms with Crippen molar-refractivity contribution >= 4 is 22.8 Å². The van der Waals surface area contributed by atoms with E-state index in [9.17, 15) is 9.59 Å². The largest absolute Gasteiger partial charge is 0.493 e. The molecular formula is C32H42N6O4. The Morgan fingerprint density at radius 2 is 1.90 bits per heavy atom. The number of carbonyl (C=O) groups excluding carboxylic acids is 2. The van der Waals surface area contributed by atoms with E-state index < -0.39 is 0 Å². The number of hydrogen-bond donors (Lipinski definition) is 1. The smallest absolute Gasteiger partial charge is 0.321 e. The highest BCUT2D eigenvalue weighted by Crippen LogP contribution is 2.37. The van der Waals surface area contributed by atoms with Gasteiger partial charge in [0.2, 0.25) is 5.91 Å². The second-order valence-corrected chi connectivity index (χ2v) is 11.1. The fourth-order valence-corrected chi connectivity index (χ4v) is 6.01. The van der Waals surface area contributed by atoms with Gasteiger partial charge in [-0.1, -0.05) is 18.7 Å². The maximum Gasteiger partial charge on any atom is 0.321 e. The number of nitrogens with zero attached hydrogens (tertiary/aromatic N) is 5. The average molecular weight is 575 g/mol. The Labute approximate surface area is 248 Å². The Hall–Kier alpha value is -3.92. The minimum Gasteiger partial charge on any atom is -0.493 e. The van der Waals surface area contributed by atoms with Crippen molar-refractivity contribution in [2.24, 2.45) is 0 Å². The number of benzene rings is 1. The van der Waals surface area contributed by atoms with Crippen LogP contribution in [0.15, 0.2) is 55.0 Å². The van der Waals surface area contributed by atoms with Crippen molar-refractivity contribution < 1.29 is 19.1 Å². The first-order valence-corrected chi connectivity index (χ1v) is 15.1. The van der Waals surface area contributed by atoms with Gasteiger partial charge in [-0.05, 0) is 63.4 Å². The first-order chi connectivity index (χ1) is 20.6. The summed E-state index contributed by atoms with van der Waals surface area (Å²) < 4.78 is 11.7. The van der Waals surface area contributed by atoms with E-state index in [1.54, 1.807) is 19.5 Å². The van der Waals surface area contributed by atoms with Gasteiger partial charge in [0.05, 0.1) is 24.9 Å². The summed E-state index contributed by atoms with van der Waals surface area (Å²) in [5, 5.41) is 3.98. The summed E-state index contributed by atoms with van der Waals surface area (Å²) in [6.45, 7) is 9.96. The van der Waals surface area contributed by atoms with Crippen LogP contribution in [-0.4, -0.2) is 96.1 Å². The Balaban J connectivity index is 1.19. The zero-order valence-electron chi connectivity index (χ0n) is 24.6. The summed E-state index contributed by atoms with van der Waals surface area (Å²) >= 11 is 0. The van der Waals surface area contributed by atoms with Gasteiger partial charge in [-0.15, -0.1) is 0 Å². The van der Waals surface area contributed by atoms with Crippen molar-refractivity contribution in [3.8, 4) is 11.5 Å². The molecule has 0 saturated carbocycles. The van der Waals surface area contributed by atoms with Gasteiger partial charge in [-0.25, -0.2) is 14.8 Å². The molecule has 3 aliphatic heterocycles. The molecule has 1 aromatic carbocycles. The Morgan fingerprint density at radius 1 is 1.10 bits per heavy atom. The Kier molecular flexibility index (Phi) is 10.1. The number of likely N-dealkylation sites (tertiary alicyclic amines) is 3. The van der Waals surface area contributed by atoms with E-state index in [4.69, 9.17) is 9.47 Å². The minimum atomic E-state index is -0.0981. The number of fused-ring (bicyclic) bond motifs is 1. The number of allylic oxidation sites excluding steroid dienone is 3. The van der Waals surface area contributed by atoms with Gasteiger partial charge < -0.3 is 24.6 Å². The van der Waals surface area contributed by atoms with Crippen LogP contribution >= 0.6 is 0 Å². The van der Waals surface area contributed by atoms with Crippen LogP contribution in [0.4, 0.5) is 4.79 Å². The van der Waals surface area contributed by atoms with Crippen LogP contribution in [0.1, 0.15) is 50.1 Å². The van der Waals surface area contributed by atoms with Gasteiger partial charge in [0.25, 0.3) is 0 Å². The molecule has 42 heavy (non-hydrogen) atoms. The molecule has 0 radical (unpaired) electrons. The summed E-state index contributed by atoms with van der Waals surface area (Å²) in [5.74, 6) is 1.59. The number of hydrogen-bond acceptors (Lipinski definition) is 7. The van der Waals surface area contributed by atoms with E-state index in [1.807, 2.05) is 34.1 Å². The predicted octanol–water partition coefficient (Wildman–Crippen LogP) is 4.25. The number of amides is 3.